The highest BCUT2D eigenvalue weighted by Gasteiger charge is 2.18. The zero-order valence-electron chi connectivity index (χ0n) is 8.40. The number of hydrogen-bond acceptors (Lipinski definition) is 3. The maximum absolute atomic E-state index is 10.4. The van der Waals surface area contributed by atoms with E-state index >= 15 is 0 Å². The second-order valence-electron chi connectivity index (χ2n) is 3.96. The third-order valence-electron chi connectivity index (χ3n) is 2.82. The molecule has 1 aromatic rings. The van der Waals surface area contributed by atoms with Gasteiger partial charge in [0, 0.05) is 19.2 Å². The summed E-state index contributed by atoms with van der Waals surface area (Å²) in [4.78, 5) is 12.6. The monoisotopic (exact) mass is 193 g/mol. The average Bonchev–Trinajstić information content (AvgIpc) is 2.67. The normalized spacial score (nSPS) is 18.5. The number of furan rings is 1. The fourth-order valence-electron chi connectivity index (χ4n) is 1.80. The van der Waals surface area contributed by atoms with Gasteiger partial charge in [0.15, 0.2) is 17.9 Å². The number of nitrogens with zero attached hydrogens (tertiary/aromatic N) is 1. The van der Waals surface area contributed by atoms with E-state index in [0.29, 0.717) is 5.76 Å². The summed E-state index contributed by atoms with van der Waals surface area (Å²) in [7, 11) is 0. The number of aldehydes is 1. The lowest BCUT2D eigenvalue weighted by atomic mass is 9.99. The van der Waals surface area contributed by atoms with Gasteiger partial charge in [-0.25, -0.2) is 0 Å². The quantitative estimate of drug-likeness (QED) is 0.676. The van der Waals surface area contributed by atoms with Crippen LogP contribution in [0.4, 0.5) is 5.88 Å². The highest BCUT2D eigenvalue weighted by Crippen LogP contribution is 2.24. The van der Waals surface area contributed by atoms with Crippen LogP contribution in [0.5, 0.6) is 0 Å². The first kappa shape index (κ1) is 9.31. The molecule has 2 rings (SSSR count). The molecule has 0 unspecified atom stereocenters. The topological polar surface area (TPSA) is 33.5 Å². The molecule has 0 spiro atoms. The Hall–Kier alpha value is -1.25. The van der Waals surface area contributed by atoms with Gasteiger partial charge in [0.2, 0.25) is 0 Å². The summed E-state index contributed by atoms with van der Waals surface area (Å²) in [6.07, 6.45) is 3.16. The highest BCUT2D eigenvalue weighted by atomic mass is 16.4. The van der Waals surface area contributed by atoms with Crippen molar-refractivity contribution in [3.63, 3.8) is 0 Å². The smallest absolute Gasteiger partial charge is 0.196 e. The molecular formula is C11H15NO2. The molecule has 0 amide bonds. The number of rotatable bonds is 2. The molecule has 1 aliphatic rings. The molecule has 0 aromatic carbocycles. The van der Waals surface area contributed by atoms with Gasteiger partial charge in [-0.1, -0.05) is 6.92 Å². The van der Waals surface area contributed by atoms with Gasteiger partial charge < -0.3 is 9.32 Å². The lowest BCUT2D eigenvalue weighted by molar-refractivity contribution is 0.110. The molecule has 0 aliphatic carbocycles. The van der Waals surface area contributed by atoms with Gasteiger partial charge in [0.25, 0.3) is 0 Å². The van der Waals surface area contributed by atoms with Crippen LogP contribution in [-0.4, -0.2) is 19.4 Å². The van der Waals surface area contributed by atoms with E-state index in [9.17, 15) is 4.79 Å². The predicted octanol–water partition coefficient (Wildman–Crippen LogP) is 2.33. The Balaban J connectivity index is 2.04. The van der Waals surface area contributed by atoms with E-state index in [1.807, 2.05) is 6.07 Å². The molecule has 0 saturated carbocycles. The number of carbonyl (C=O) groups is 1. The van der Waals surface area contributed by atoms with Crippen LogP contribution in [0.1, 0.15) is 30.3 Å². The third-order valence-corrected chi connectivity index (χ3v) is 2.82. The van der Waals surface area contributed by atoms with Crippen molar-refractivity contribution < 1.29 is 9.21 Å². The Labute approximate surface area is 83.7 Å². The van der Waals surface area contributed by atoms with Crippen LogP contribution in [-0.2, 0) is 0 Å². The number of anilines is 1. The molecule has 0 bridgehead atoms. The summed E-state index contributed by atoms with van der Waals surface area (Å²) in [6.45, 7) is 4.34. The van der Waals surface area contributed by atoms with Crippen LogP contribution >= 0.6 is 0 Å². The fourth-order valence-corrected chi connectivity index (χ4v) is 1.80. The molecule has 2 heterocycles. The van der Waals surface area contributed by atoms with Crippen molar-refractivity contribution in [1.82, 2.24) is 0 Å². The van der Waals surface area contributed by atoms with Gasteiger partial charge >= 0.3 is 0 Å². The van der Waals surface area contributed by atoms with Gasteiger partial charge in [-0.2, -0.15) is 0 Å². The average molecular weight is 193 g/mol. The van der Waals surface area contributed by atoms with Gasteiger partial charge in [-0.15, -0.1) is 0 Å². The minimum absolute atomic E-state index is 0.415. The minimum atomic E-state index is 0.415. The number of piperidine rings is 1. The van der Waals surface area contributed by atoms with E-state index in [-0.39, 0.29) is 0 Å². The van der Waals surface area contributed by atoms with Crippen LogP contribution in [0.25, 0.3) is 0 Å². The molecule has 1 aromatic heterocycles. The van der Waals surface area contributed by atoms with Gasteiger partial charge in [-0.3, -0.25) is 4.79 Å². The first-order chi connectivity index (χ1) is 6.79. The lowest BCUT2D eigenvalue weighted by Crippen LogP contribution is -2.32. The zero-order chi connectivity index (χ0) is 9.97. The summed E-state index contributed by atoms with van der Waals surface area (Å²) in [5, 5.41) is 0. The first-order valence-electron chi connectivity index (χ1n) is 5.09. The van der Waals surface area contributed by atoms with Crippen molar-refractivity contribution in [3.05, 3.63) is 17.9 Å². The summed E-state index contributed by atoms with van der Waals surface area (Å²) in [5.41, 5.74) is 0. The fraction of sp³-hybridized carbons (Fsp3) is 0.545. The summed E-state index contributed by atoms with van der Waals surface area (Å²) in [6, 6.07) is 3.60. The van der Waals surface area contributed by atoms with Gasteiger partial charge in [0.05, 0.1) is 0 Å². The molecule has 1 saturated heterocycles. The number of hydrogen-bond donors (Lipinski definition) is 0. The molecule has 3 heteroatoms. The molecule has 0 atom stereocenters. The second-order valence-corrected chi connectivity index (χ2v) is 3.96. The summed E-state index contributed by atoms with van der Waals surface area (Å²) in [5.74, 6) is 2.06. The van der Waals surface area contributed by atoms with Gasteiger partial charge in [-0.05, 0) is 24.8 Å². The van der Waals surface area contributed by atoms with Crippen molar-refractivity contribution in [2.45, 2.75) is 19.8 Å². The number of carbonyl (C=O) groups excluding carboxylic acids is 1. The Bertz CT molecular complexity index is 311. The first-order valence-corrected chi connectivity index (χ1v) is 5.09. The third kappa shape index (κ3) is 1.81. The Morgan fingerprint density at radius 2 is 2.14 bits per heavy atom. The lowest BCUT2D eigenvalue weighted by Gasteiger charge is -2.29. The van der Waals surface area contributed by atoms with Crippen LogP contribution in [0.15, 0.2) is 16.5 Å². The maximum atomic E-state index is 10.4. The van der Waals surface area contributed by atoms with E-state index in [0.717, 1.165) is 31.2 Å². The van der Waals surface area contributed by atoms with E-state index in [4.69, 9.17) is 4.42 Å². The summed E-state index contributed by atoms with van der Waals surface area (Å²) >= 11 is 0. The van der Waals surface area contributed by atoms with Crippen LogP contribution < -0.4 is 4.90 Å². The van der Waals surface area contributed by atoms with Crippen molar-refractivity contribution in [1.29, 1.82) is 0 Å². The Morgan fingerprint density at radius 3 is 2.71 bits per heavy atom. The Morgan fingerprint density at radius 1 is 1.43 bits per heavy atom. The highest BCUT2D eigenvalue weighted by molar-refractivity contribution is 5.71. The van der Waals surface area contributed by atoms with Crippen LogP contribution in [0, 0.1) is 5.92 Å². The minimum Gasteiger partial charge on any atom is -0.438 e. The Kier molecular flexibility index (Phi) is 2.57. The van der Waals surface area contributed by atoms with E-state index in [1.54, 1.807) is 6.07 Å². The summed E-state index contributed by atoms with van der Waals surface area (Å²) < 4.78 is 5.37. The molecule has 1 fully saturated rings. The zero-order valence-corrected chi connectivity index (χ0v) is 8.40. The second kappa shape index (κ2) is 3.86. The van der Waals surface area contributed by atoms with Crippen molar-refractivity contribution in [2.24, 2.45) is 5.92 Å². The van der Waals surface area contributed by atoms with E-state index in [2.05, 4.69) is 11.8 Å². The molecule has 76 valence electrons. The van der Waals surface area contributed by atoms with E-state index in [1.165, 1.54) is 12.8 Å². The van der Waals surface area contributed by atoms with Gasteiger partial charge in [0.1, 0.15) is 0 Å². The maximum Gasteiger partial charge on any atom is 0.196 e. The van der Waals surface area contributed by atoms with E-state index < -0.39 is 0 Å². The molecule has 1 aliphatic heterocycles. The van der Waals surface area contributed by atoms with Crippen molar-refractivity contribution >= 4 is 12.2 Å². The molecule has 0 N–H and O–H groups in total. The molecule has 3 nitrogen and oxygen atoms in total. The van der Waals surface area contributed by atoms with Crippen LogP contribution in [0.3, 0.4) is 0 Å². The van der Waals surface area contributed by atoms with Crippen molar-refractivity contribution in [2.75, 3.05) is 18.0 Å². The molecule has 0 radical (unpaired) electrons. The standard InChI is InChI=1S/C11H15NO2/c1-9-4-6-12(7-5-9)11-3-2-10(8-13)14-11/h2-3,8-9H,4-7H2,1H3. The largest absolute Gasteiger partial charge is 0.438 e. The molecular weight excluding hydrogens is 178 g/mol. The van der Waals surface area contributed by atoms with Crippen LogP contribution in [0.2, 0.25) is 0 Å². The van der Waals surface area contributed by atoms with Crippen molar-refractivity contribution in [3.8, 4) is 0 Å². The SMILES string of the molecule is CC1CCN(c2ccc(C=O)o2)CC1. The predicted molar refractivity (Wildman–Crippen MR) is 54.7 cm³/mol. The molecule has 14 heavy (non-hydrogen) atoms.